The largest absolute Gasteiger partial charge is 0.467 e. The van der Waals surface area contributed by atoms with E-state index >= 15 is 0 Å². The summed E-state index contributed by atoms with van der Waals surface area (Å²) in [6.07, 6.45) is 2.24. The van der Waals surface area contributed by atoms with Crippen LogP contribution in [0.25, 0.3) is 0 Å². The Labute approximate surface area is 134 Å². The first kappa shape index (κ1) is 17.1. The smallest absolute Gasteiger partial charge is 0.328 e. The number of Topliss-reactive ketones (excluding diaryl/α,β-unsaturated/α-hetero) is 1. The minimum absolute atomic E-state index is 0.0362. The number of carbonyl (C=O) groups excluding carboxylic acids is 3. The molecule has 1 amide bonds. The Morgan fingerprint density at radius 1 is 1.35 bits per heavy atom. The average Bonchev–Trinajstić information content (AvgIpc) is 2.54. The number of esters is 1. The SMILES string of the molecule is COC(=O)[C@@H](NC(=O)Cc1ccc(F)cc1)[C@@H]1CCCC(=O)C1. The molecule has 1 aliphatic carbocycles. The standard InChI is InChI=1S/C17H20FNO4/c1-23-17(22)16(12-3-2-4-14(20)10-12)19-15(21)9-11-5-7-13(18)8-6-11/h5-8,12,16H,2-4,9-10H2,1H3,(H,19,21)/t12-,16+/m1/s1. The van der Waals surface area contributed by atoms with Gasteiger partial charge in [0.15, 0.2) is 0 Å². The maximum Gasteiger partial charge on any atom is 0.328 e. The minimum Gasteiger partial charge on any atom is -0.467 e. The van der Waals surface area contributed by atoms with Crippen LogP contribution in [0.3, 0.4) is 0 Å². The molecule has 5 nitrogen and oxygen atoms in total. The molecule has 0 heterocycles. The first-order valence-corrected chi connectivity index (χ1v) is 7.63. The van der Waals surface area contributed by atoms with E-state index in [4.69, 9.17) is 4.74 Å². The number of amides is 1. The number of carbonyl (C=O) groups is 3. The fourth-order valence-corrected chi connectivity index (χ4v) is 2.85. The third kappa shape index (κ3) is 4.87. The average molecular weight is 321 g/mol. The van der Waals surface area contributed by atoms with E-state index in [9.17, 15) is 18.8 Å². The molecule has 0 bridgehead atoms. The lowest BCUT2D eigenvalue weighted by atomic mass is 9.83. The van der Waals surface area contributed by atoms with Crippen LogP contribution in [-0.2, 0) is 25.5 Å². The third-order valence-electron chi connectivity index (χ3n) is 4.04. The van der Waals surface area contributed by atoms with Crippen LogP contribution in [-0.4, -0.2) is 30.8 Å². The van der Waals surface area contributed by atoms with E-state index in [-0.39, 0.29) is 36.3 Å². The molecule has 0 unspecified atom stereocenters. The van der Waals surface area contributed by atoms with Crippen LogP contribution in [0.4, 0.5) is 4.39 Å². The number of rotatable bonds is 5. The molecule has 2 atom stereocenters. The Hall–Kier alpha value is -2.24. The molecule has 0 aromatic heterocycles. The van der Waals surface area contributed by atoms with Crippen LogP contribution < -0.4 is 5.32 Å². The number of methoxy groups -OCH3 is 1. The molecule has 6 heteroatoms. The third-order valence-corrected chi connectivity index (χ3v) is 4.04. The van der Waals surface area contributed by atoms with Crippen molar-refractivity contribution in [1.82, 2.24) is 5.32 Å². The second kappa shape index (κ2) is 7.85. The second-order valence-electron chi connectivity index (χ2n) is 5.77. The number of hydrogen-bond donors (Lipinski definition) is 1. The first-order valence-electron chi connectivity index (χ1n) is 7.63. The zero-order valence-corrected chi connectivity index (χ0v) is 13.0. The molecule has 0 saturated heterocycles. The van der Waals surface area contributed by atoms with Gasteiger partial charge in [-0.25, -0.2) is 9.18 Å². The van der Waals surface area contributed by atoms with Crippen molar-refractivity contribution in [3.8, 4) is 0 Å². The van der Waals surface area contributed by atoms with Crippen molar-refractivity contribution in [1.29, 1.82) is 0 Å². The topological polar surface area (TPSA) is 72.5 Å². The van der Waals surface area contributed by atoms with Crippen molar-refractivity contribution in [2.24, 2.45) is 5.92 Å². The summed E-state index contributed by atoms with van der Waals surface area (Å²) in [5.41, 5.74) is 0.646. The molecule has 23 heavy (non-hydrogen) atoms. The van der Waals surface area contributed by atoms with Crippen molar-refractivity contribution in [3.63, 3.8) is 0 Å². The van der Waals surface area contributed by atoms with Crippen LogP contribution in [0.5, 0.6) is 0 Å². The molecule has 1 N–H and O–H groups in total. The molecule has 124 valence electrons. The highest BCUT2D eigenvalue weighted by molar-refractivity contribution is 5.87. The highest BCUT2D eigenvalue weighted by Crippen LogP contribution is 2.25. The molecule has 1 aromatic rings. The van der Waals surface area contributed by atoms with Gasteiger partial charge in [-0.15, -0.1) is 0 Å². The van der Waals surface area contributed by atoms with Gasteiger partial charge in [-0.2, -0.15) is 0 Å². The molecular formula is C17H20FNO4. The fourth-order valence-electron chi connectivity index (χ4n) is 2.85. The van der Waals surface area contributed by atoms with E-state index in [1.165, 1.54) is 31.4 Å². The normalized spacial score (nSPS) is 19.0. The summed E-state index contributed by atoms with van der Waals surface area (Å²) in [6, 6.07) is 4.77. The van der Waals surface area contributed by atoms with E-state index in [0.29, 0.717) is 24.8 Å². The fraction of sp³-hybridized carbons (Fsp3) is 0.471. The zero-order chi connectivity index (χ0) is 16.8. The summed E-state index contributed by atoms with van der Waals surface area (Å²) in [7, 11) is 1.26. The van der Waals surface area contributed by atoms with Crippen LogP contribution in [0.15, 0.2) is 24.3 Å². The van der Waals surface area contributed by atoms with E-state index < -0.39 is 12.0 Å². The number of halogens is 1. The Balaban J connectivity index is 2.01. The van der Waals surface area contributed by atoms with Crippen molar-refractivity contribution >= 4 is 17.7 Å². The predicted molar refractivity (Wildman–Crippen MR) is 81.0 cm³/mol. The minimum atomic E-state index is -0.822. The molecule has 1 aromatic carbocycles. The van der Waals surface area contributed by atoms with Gasteiger partial charge < -0.3 is 10.1 Å². The Morgan fingerprint density at radius 2 is 2.04 bits per heavy atom. The van der Waals surface area contributed by atoms with Crippen LogP contribution in [0.1, 0.15) is 31.2 Å². The van der Waals surface area contributed by atoms with Gasteiger partial charge in [-0.05, 0) is 36.5 Å². The van der Waals surface area contributed by atoms with E-state index in [1.807, 2.05) is 0 Å². The summed E-state index contributed by atoms with van der Waals surface area (Å²) >= 11 is 0. The highest BCUT2D eigenvalue weighted by atomic mass is 19.1. The van der Waals surface area contributed by atoms with Crippen LogP contribution in [0, 0.1) is 11.7 Å². The van der Waals surface area contributed by atoms with Gasteiger partial charge in [0.2, 0.25) is 5.91 Å². The van der Waals surface area contributed by atoms with E-state index in [1.54, 1.807) is 0 Å². The molecule has 1 aliphatic rings. The molecular weight excluding hydrogens is 301 g/mol. The summed E-state index contributed by atoms with van der Waals surface area (Å²) < 4.78 is 17.6. The van der Waals surface area contributed by atoms with Crippen molar-refractivity contribution in [3.05, 3.63) is 35.6 Å². The van der Waals surface area contributed by atoms with Crippen molar-refractivity contribution in [2.45, 2.75) is 38.1 Å². The van der Waals surface area contributed by atoms with E-state index in [2.05, 4.69) is 5.32 Å². The second-order valence-corrected chi connectivity index (χ2v) is 5.77. The van der Waals surface area contributed by atoms with Gasteiger partial charge >= 0.3 is 5.97 Å². The van der Waals surface area contributed by atoms with Crippen molar-refractivity contribution in [2.75, 3.05) is 7.11 Å². The Kier molecular flexibility index (Phi) is 5.84. The summed E-state index contributed by atoms with van der Waals surface area (Å²) in [4.78, 5) is 35.7. The molecule has 1 fully saturated rings. The van der Waals surface area contributed by atoms with Gasteiger partial charge in [0.1, 0.15) is 17.6 Å². The number of nitrogens with one attached hydrogen (secondary N) is 1. The van der Waals surface area contributed by atoms with Crippen LogP contribution >= 0.6 is 0 Å². The van der Waals surface area contributed by atoms with Gasteiger partial charge in [0.05, 0.1) is 13.5 Å². The maximum absolute atomic E-state index is 12.9. The first-order chi connectivity index (χ1) is 11.0. The number of ketones is 1. The summed E-state index contributed by atoms with van der Waals surface area (Å²) in [5, 5.41) is 2.66. The summed E-state index contributed by atoms with van der Waals surface area (Å²) in [5.74, 6) is -1.41. The van der Waals surface area contributed by atoms with Gasteiger partial charge in [-0.1, -0.05) is 12.1 Å². The predicted octanol–water partition coefficient (Wildman–Crippen LogP) is 1.79. The van der Waals surface area contributed by atoms with Crippen molar-refractivity contribution < 1.29 is 23.5 Å². The lowest BCUT2D eigenvalue weighted by Crippen LogP contribution is -2.48. The molecule has 0 spiro atoms. The molecule has 0 aliphatic heterocycles. The highest BCUT2D eigenvalue weighted by Gasteiger charge is 2.34. The monoisotopic (exact) mass is 321 g/mol. The number of ether oxygens (including phenoxy) is 1. The quantitative estimate of drug-likeness (QED) is 0.839. The Bertz CT molecular complexity index is 585. The number of benzene rings is 1. The van der Waals surface area contributed by atoms with Gasteiger partial charge in [0.25, 0.3) is 0 Å². The maximum atomic E-state index is 12.9. The summed E-state index contributed by atoms with van der Waals surface area (Å²) in [6.45, 7) is 0. The molecule has 1 saturated carbocycles. The molecule has 0 radical (unpaired) electrons. The molecule has 2 rings (SSSR count). The lowest BCUT2D eigenvalue weighted by molar-refractivity contribution is -0.147. The van der Waals surface area contributed by atoms with Gasteiger partial charge in [0, 0.05) is 12.8 Å². The van der Waals surface area contributed by atoms with Gasteiger partial charge in [-0.3, -0.25) is 9.59 Å². The van der Waals surface area contributed by atoms with E-state index in [0.717, 1.165) is 0 Å². The Morgan fingerprint density at radius 3 is 2.65 bits per heavy atom. The number of hydrogen-bond acceptors (Lipinski definition) is 4. The zero-order valence-electron chi connectivity index (χ0n) is 13.0. The lowest BCUT2D eigenvalue weighted by Gasteiger charge is -2.28. The van der Waals surface area contributed by atoms with Crippen LogP contribution in [0.2, 0.25) is 0 Å².